The zero-order chi connectivity index (χ0) is 11.5. The van der Waals surface area contributed by atoms with Gasteiger partial charge in [0.05, 0.1) is 12.8 Å². The lowest BCUT2D eigenvalue weighted by Crippen LogP contribution is -2.05. The Morgan fingerprint density at radius 3 is 2.75 bits per heavy atom. The summed E-state index contributed by atoms with van der Waals surface area (Å²) in [4.78, 5) is 10.8. The molecule has 16 heavy (non-hydrogen) atoms. The Kier molecular flexibility index (Phi) is 2.68. The number of hydrogen-bond donors (Lipinski definition) is 1. The minimum atomic E-state index is -0.435. The summed E-state index contributed by atoms with van der Waals surface area (Å²) in [5, 5.41) is 6.15. The number of aromatic amines is 1. The summed E-state index contributed by atoms with van der Waals surface area (Å²) in [5.74, 6) is -0.291. The van der Waals surface area contributed by atoms with Crippen LogP contribution >= 0.6 is 0 Å². The molecule has 5 heteroatoms. The Morgan fingerprint density at radius 2 is 2.12 bits per heavy atom. The molecule has 0 saturated carbocycles. The standard InChI is InChI=1S/C11H9FN2O2/c1-16-10-6-7(2-3-8(10)12)9-4-5-11(15)14-13-9/h2-6H,1H3,(H,14,15). The van der Waals surface area contributed by atoms with Crippen LogP contribution in [0.5, 0.6) is 5.75 Å². The zero-order valence-corrected chi connectivity index (χ0v) is 8.53. The summed E-state index contributed by atoms with van der Waals surface area (Å²) in [6.45, 7) is 0. The topological polar surface area (TPSA) is 55.0 Å². The van der Waals surface area contributed by atoms with E-state index in [2.05, 4.69) is 10.2 Å². The smallest absolute Gasteiger partial charge is 0.264 e. The molecule has 0 spiro atoms. The van der Waals surface area contributed by atoms with E-state index in [1.807, 2.05) is 0 Å². The van der Waals surface area contributed by atoms with E-state index in [1.165, 1.54) is 25.3 Å². The van der Waals surface area contributed by atoms with Gasteiger partial charge < -0.3 is 4.74 Å². The normalized spacial score (nSPS) is 10.1. The molecule has 1 heterocycles. The molecule has 0 aliphatic heterocycles. The van der Waals surface area contributed by atoms with Crippen LogP contribution in [0.15, 0.2) is 35.1 Å². The van der Waals surface area contributed by atoms with E-state index in [0.29, 0.717) is 11.3 Å². The first kappa shape index (κ1) is 10.4. The molecule has 2 aromatic rings. The number of ether oxygens (including phenoxy) is 1. The number of methoxy groups -OCH3 is 1. The maximum Gasteiger partial charge on any atom is 0.264 e. The van der Waals surface area contributed by atoms with E-state index in [-0.39, 0.29) is 11.3 Å². The fourth-order valence-corrected chi connectivity index (χ4v) is 1.32. The third kappa shape index (κ3) is 1.93. The van der Waals surface area contributed by atoms with Crippen molar-refractivity contribution in [2.45, 2.75) is 0 Å². The van der Waals surface area contributed by atoms with E-state index >= 15 is 0 Å². The van der Waals surface area contributed by atoms with Gasteiger partial charge in [0.1, 0.15) is 0 Å². The van der Waals surface area contributed by atoms with Crippen LogP contribution in [-0.2, 0) is 0 Å². The fourth-order valence-electron chi connectivity index (χ4n) is 1.32. The van der Waals surface area contributed by atoms with Crippen molar-refractivity contribution in [1.29, 1.82) is 0 Å². The largest absolute Gasteiger partial charge is 0.494 e. The number of H-pyrrole nitrogens is 1. The van der Waals surface area contributed by atoms with Crippen LogP contribution in [0, 0.1) is 5.82 Å². The molecular formula is C11H9FN2O2. The van der Waals surface area contributed by atoms with E-state index < -0.39 is 5.82 Å². The molecule has 0 aliphatic rings. The monoisotopic (exact) mass is 220 g/mol. The number of benzene rings is 1. The highest BCUT2D eigenvalue weighted by atomic mass is 19.1. The Hall–Kier alpha value is -2.17. The Morgan fingerprint density at radius 1 is 1.31 bits per heavy atom. The van der Waals surface area contributed by atoms with Gasteiger partial charge >= 0.3 is 0 Å². The molecule has 0 saturated heterocycles. The molecule has 0 unspecified atom stereocenters. The van der Waals surface area contributed by atoms with Gasteiger partial charge in [-0.15, -0.1) is 0 Å². The van der Waals surface area contributed by atoms with Gasteiger partial charge in [-0.05, 0) is 24.3 Å². The van der Waals surface area contributed by atoms with Crippen molar-refractivity contribution in [2.24, 2.45) is 0 Å². The van der Waals surface area contributed by atoms with Gasteiger partial charge in [0, 0.05) is 11.6 Å². The highest BCUT2D eigenvalue weighted by Gasteiger charge is 2.05. The van der Waals surface area contributed by atoms with Crippen molar-refractivity contribution in [3.05, 3.63) is 46.5 Å². The van der Waals surface area contributed by atoms with Gasteiger partial charge in [0.2, 0.25) is 0 Å². The Bertz CT molecular complexity index is 546. The first-order valence-corrected chi connectivity index (χ1v) is 4.60. The third-order valence-corrected chi connectivity index (χ3v) is 2.13. The average molecular weight is 220 g/mol. The molecule has 0 aliphatic carbocycles. The molecule has 1 N–H and O–H groups in total. The van der Waals surface area contributed by atoms with Gasteiger partial charge in [-0.1, -0.05) is 0 Å². The molecule has 0 amide bonds. The first-order valence-electron chi connectivity index (χ1n) is 4.60. The van der Waals surface area contributed by atoms with Crippen LogP contribution in [0.1, 0.15) is 0 Å². The second-order valence-electron chi connectivity index (χ2n) is 3.16. The fraction of sp³-hybridized carbons (Fsp3) is 0.0909. The maximum absolute atomic E-state index is 13.1. The van der Waals surface area contributed by atoms with Crippen molar-refractivity contribution >= 4 is 0 Å². The van der Waals surface area contributed by atoms with E-state index in [9.17, 15) is 9.18 Å². The summed E-state index contributed by atoms with van der Waals surface area (Å²) in [5.41, 5.74) is 0.949. The molecule has 1 aromatic heterocycles. The Labute approximate surface area is 90.7 Å². The van der Waals surface area contributed by atoms with Crippen LogP contribution in [0.3, 0.4) is 0 Å². The molecule has 0 atom stereocenters. The van der Waals surface area contributed by atoms with E-state index in [0.717, 1.165) is 0 Å². The second kappa shape index (κ2) is 4.14. The van der Waals surface area contributed by atoms with Crippen LogP contribution in [0.25, 0.3) is 11.3 Å². The van der Waals surface area contributed by atoms with Crippen molar-refractivity contribution < 1.29 is 9.13 Å². The summed E-state index contributed by atoms with van der Waals surface area (Å²) in [6.07, 6.45) is 0. The van der Waals surface area contributed by atoms with E-state index in [4.69, 9.17) is 4.74 Å². The van der Waals surface area contributed by atoms with Crippen LogP contribution in [-0.4, -0.2) is 17.3 Å². The number of hydrogen-bond acceptors (Lipinski definition) is 3. The van der Waals surface area contributed by atoms with Gasteiger partial charge in [0.25, 0.3) is 5.56 Å². The maximum atomic E-state index is 13.1. The van der Waals surface area contributed by atoms with Crippen molar-refractivity contribution in [1.82, 2.24) is 10.2 Å². The third-order valence-electron chi connectivity index (χ3n) is 2.13. The molecule has 0 radical (unpaired) electrons. The van der Waals surface area contributed by atoms with E-state index in [1.54, 1.807) is 12.1 Å². The lowest BCUT2D eigenvalue weighted by Gasteiger charge is -2.04. The number of nitrogens with one attached hydrogen (secondary N) is 1. The quantitative estimate of drug-likeness (QED) is 0.836. The van der Waals surface area contributed by atoms with Crippen LogP contribution < -0.4 is 10.3 Å². The molecule has 1 aromatic carbocycles. The Balaban J connectivity index is 2.48. The summed E-state index contributed by atoms with van der Waals surface area (Å²) < 4.78 is 18.0. The number of rotatable bonds is 2. The number of aromatic nitrogens is 2. The van der Waals surface area contributed by atoms with Gasteiger partial charge in [0.15, 0.2) is 11.6 Å². The average Bonchev–Trinajstić information content (AvgIpc) is 2.31. The molecule has 0 fully saturated rings. The first-order chi connectivity index (χ1) is 7.70. The molecular weight excluding hydrogens is 211 g/mol. The zero-order valence-electron chi connectivity index (χ0n) is 8.53. The second-order valence-corrected chi connectivity index (χ2v) is 3.16. The van der Waals surface area contributed by atoms with Crippen molar-refractivity contribution in [3.8, 4) is 17.0 Å². The molecule has 82 valence electrons. The van der Waals surface area contributed by atoms with Crippen LogP contribution in [0.2, 0.25) is 0 Å². The van der Waals surface area contributed by atoms with Crippen molar-refractivity contribution in [2.75, 3.05) is 7.11 Å². The summed E-state index contributed by atoms with van der Waals surface area (Å²) >= 11 is 0. The lowest BCUT2D eigenvalue weighted by molar-refractivity contribution is 0.387. The molecule has 0 bridgehead atoms. The predicted octanol–water partition coefficient (Wildman–Crippen LogP) is 1.58. The lowest BCUT2D eigenvalue weighted by atomic mass is 10.1. The molecule has 2 rings (SSSR count). The highest BCUT2D eigenvalue weighted by Crippen LogP contribution is 2.24. The van der Waals surface area contributed by atoms with Crippen molar-refractivity contribution in [3.63, 3.8) is 0 Å². The summed E-state index contributed by atoms with van der Waals surface area (Å²) in [7, 11) is 1.39. The minimum absolute atomic E-state index is 0.144. The number of nitrogens with zero attached hydrogens (tertiary/aromatic N) is 1. The summed E-state index contributed by atoms with van der Waals surface area (Å²) in [6, 6.07) is 7.30. The van der Waals surface area contributed by atoms with Crippen LogP contribution in [0.4, 0.5) is 4.39 Å². The van der Waals surface area contributed by atoms with Gasteiger partial charge in [-0.25, -0.2) is 9.49 Å². The molecule has 4 nitrogen and oxygen atoms in total. The minimum Gasteiger partial charge on any atom is -0.494 e. The van der Waals surface area contributed by atoms with Gasteiger partial charge in [-0.3, -0.25) is 4.79 Å². The highest BCUT2D eigenvalue weighted by molar-refractivity contribution is 5.60. The predicted molar refractivity (Wildman–Crippen MR) is 56.8 cm³/mol. The van der Waals surface area contributed by atoms with Gasteiger partial charge in [-0.2, -0.15) is 5.10 Å². The SMILES string of the molecule is COc1cc(-c2ccc(=O)[nH]n2)ccc1F. The number of halogens is 1.